The van der Waals surface area contributed by atoms with Crippen molar-refractivity contribution in [3.05, 3.63) is 53.1 Å². The summed E-state index contributed by atoms with van der Waals surface area (Å²) in [6.45, 7) is -3.07. The van der Waals surface area contributed by atoms with Crippen LogP contribution in [0.25, 0.3) is 0 Å². The van der Waals surface area contributed by atoms with Crippen molar-refractivity contribution in [2.75, 3.05) is 12.4 Å². The Morgan fingerprint density at radius 2 is 1.86 bits per heavy atom. The fourth-order valence-electron chi connectivity index (χ4n) is 1.80. The maximum Gasteiger partial charge on any atom is 0.387 e. The SMILES string of the molecule is COc1cccc(C(=O)Nc2ccc(Cl)cc2)c1OC(F)F. The van der Waals surface area contributed by atoms with Gasteiger partial charge in [0, 0.05) is 10.7 Å². The fraction of sp³-hybridized carbons (Fsp3) is 0.133. The zero-order valence-corrected chi connectivity index (χ0v) is 12.2. The van der Waals surface area contributed by atoms with E-state index in [2.05, 4.69) is 10.1 Å². The molecular formula is C15H12ClF2NO3. The number of hydrogen-bond donors (Lipinski definition) is 1. The first kappa shape index (κ1) is 16.0. The third-order valence-corrected chi connectivity index (χ3v) is 3.00. The van der Waals surface area contributed by atoms with Gasteiger partial charge in [0.05, 0.1) is 12.7 Å². The second-order valence-electron chi connectivity index (χ2n) is 4.18. The van der Waals surface area contributed by atoms with Crippen LogP contribution < -0.4 is 14.8 Å². The van der Waals surface area contributed by atoms with Crippen molar-refractivity contribution < 1.29 is 23.0 Å². The van der Waals surface area contributed by atoms with E-state index in [0.717, 1.165) is 0 Å². The molecule has 2 aromatic rings. The van der Waals surface area contributed by atoms with Crippen LogP contribution in [0.3, 0.4) is 0 Å². The number of para-hydroxylation sites is 1. The molecular weight excluding hydrogens is 316 g/mol. The molecule has 116 valence electrons. The van der Waals surface area contributed by atoms with Gasteiger partial charge >= 0.3 is 6.61 Å². The summed E-state index contributed by atoms with van der Waals surface area (Å²) in [6.07, 6.45) is 0. The molecule has 0 fully saturated rings. The van der Waals surface area contributed by atoms with E-state index in [-0.39, 0.29) is 17.1 Å². The molecule has 0 saturated heterocycles. The van der Waals surface area contributed by atoms with Gasteiger partial charge in [-0.05, 0) is 36.4 Å². The lowest BCUT2D eigenvalue weighted by Gasteiger charge is -2.14. The van der Waals surface area contributed by atoms with Crippen molar-refractivity contribution in [3.63, 3.8) is 0 Å². The quantitative estimate of drug-likeness (QED) is 0.895. The van der Waals surface area contributed by atoms with Gasteiger partial charge in [0.1, 0.15) is 0 Å². The number of anilines is 1. The molecule has 0 heterocycles. The lowest BCUT2D eigenvalue weighted by Crippen LogP contribution is -2.15. The molecule has 4 nitrogen and oxygen atoms in total. The molecule has 7 heteroatoms. The number of carbonyl (C=O) groups is 1. The number of halogens is 3. The number of alkyl halides is 2. The van der Waals surface area contributed by atoms with Crippen molar-refractivity contribution in [1.29, 1.82) is 0 Å². The van der Waals surface area contributed by atoms with Crippen LogP contribution in [-0.4, -0.2) is 19.6 Å². The lowest BCUT2D eigenvalue weighted by atomic mass is 10.1. The first-order chi connectivity index (χ1) is 10.5. The summed E-state index contributed by atoms with van der Waals surface area (Å²) in [5, 5.41) is 3.09. The highest BCUT2D eigenvalue weighted by Crippen LogP contribution is 2.33. The van der Waals surface area contributed by atoms with Crippen LogP contribution in [0.5, 0.6) is 11.5 Å². The Balaban J connectivity index is 2.30. The monoisotopic (exact) mass is 327 g/mol. The summed E-state index contributed by atoms with van der Waals surface area (Å²) in [6, 6.07) is 10.7. The van der Waals surface area contributed by atoms with E-state index in [0.29, 0.717) is 10.7 Å². The topological polar surface area (TPSA) is 47.6 Å². The number of nitrogens with one attached hydrogen (secondary N) is 1. The van der Waals surface area contributed by atoms with Gasteiger partial charge in [-0.15, -0.1) is 0 Å². The van der Waals surface area contributed by atoms with E-state index >= 15 is 0 Å². The van der Waals surface area contributed by atoms with E-state index in [1.807, 2.05) is 0 Å². The van der Waals surface area contributed by atoms with E-state index in [4.69, 9.17) is 16.3 Å². The minimum Gasteiger partial charge on any atom is -0.493 e. The summed E-state index contributed by atoms with van der Waals surface area (Å²) < 4.78 is 34.4. The van der Waals surface area contributed by atoms with Crippen molar-refractivity contribution >= 4 is 23.2 Å². The third-order valence-electron chi connectivity index (χ3n) is 2.75. The first-order valence-electron chi connectivity index (χ1n) is 6.20. The van der Waals surface area contributed by atoms with Crippen molar-refractivity contribution in [2.24, 2.45) is 0 Å². The van der Waals surface area contributed by atoms with Gasteiger partial charge in [0.25, 0.3) is 5.91 Å². The van der Waals surface area contributed by atoms with E-state index in [9.17, 15) is 13.6 Å². The second-order valence-corrected chi connectivity index (χ2v) is 4.61. The average molecular weight is 328 g/mol. The van der Waals surface area contributed by atoms with E-state index < -0.39 is 12.5 Å². The molecule has 22 heavy (non-hydrogen) atoms. The van der Waals surface area contributed by atoms with Crippen molar-refractivity contribution in [3.8, 4) is 11.5 Å². The van der Waals surface area contributed by atoms with Crippen LogP contribution in [0.4, 0.5) is 14.5 Å². The summed E-state index contributed by atoms with van der Waals surface area (Å²) in [4.78, 5) is 12.2. The second kappa shape index (κ2) is 7.09. The average Bonchev–Trinajstić information content (AvgIpc) is 2.49. The first-order valence-corrected chi connectivity index (χ1v) is 6.58. The Morgan fingerprint density at radius 1 is 1.18 bits per heavy atom. The summed E-state index contributed by atoms with van der Waals surface area (Å²) >= 11 is 5.75. The van der Waals surface area contributed by atoms with Gasteiger partial charge in [-0.25, -0.2) is 0 Å². The van der Waals surface area contributed by atoms with Crippen LogP contribution in [-0.2, 0) is 0 Å². The van der Waals surface area contributed by atoms with Crippen LogP contribution in [0.1, 0.15) is 10.4 Å². The van der Waals surface area contributed by atoms with Gasteiger partial charge in [-0.1, -0.05) is 17.7 Å². The number of benzene rings is 2. The fourth-order valence-corrected chi connectivity index (χ4v) is 1.92. The maximum absolute atomic E-state index is 12.5. The highest BCUT2D eigenvalue weighted by atomic mass is 35.5. The highest BCUT2D eigenvalue weighted by Gasteiger charge is 2.20. The number of ether oxygens (including phenoxy) is 2. The van der Waals surface area contributed by atoms with Crippen LogP contribution in [0.2, 0.25) is 5.02 Å². The number of rotatable bonds is 5. The molecule has 2 aromatic carbocycles. The predicted octanol–water partition coefficient (Wildman–Crippen LogP) is 4.20. The number of hydrogen-bond acceptors (Lipinski definition) is 3. The molecule has 0 aromatic heterocycles. The predicted molar refractivity (Wildman–Crippen MR) is 79.0 cm³/mol. The van der Waals surface area contributed by atoms with Gasteiger partial charge in [0.2, 0.25) is 0 Å². The zero-order valence-electron chi connectivity index (χ0n) is 11.5. The molecule has 0 aliphatic rings. The zero-order chi connectivity index (χ0) is 16.1. The largest absolute Gasteiger partial charge is 0.493 e. The Kier molecular flexibility index (Phi) is 5.16. The molecule has 1 amide bonds. The van der Waals surface area contributed by atoms with Crippen LogP contribution in [0, 0.1) is 0 Å². The Hall–Kier alpha value is -2.34. The highest BCUT2D eigenvalue weighted by molar-refractivity contribution is 6.30. The molecule has 2 rings (SSSR count). The molecule has 0 spiro atoms. The van der Waals surface area contributed by atoms with Crippen molar-refractivity contribution in [1.82, 2.24) is 0 Å². The number of carbonyl (C=O) groups excluding carboxylic acids is 1. The molecule has 0 atom stereocenters. The Labute approximate surface area is 130 Å². The molecule has 1 N–H and O–H groups in total. The lowest BCUT2D eigenvalue weighted by molar-refractivity contribution is -0.0515. The van der Waals surface area contributed by atoms with Gasteiger partial charge in [0.15, 0.2) is 11.5 Å². The molecule has 0 radical (unpaired) electrons. The van der Waals surface area contributed by atoms with Gasteiger partial charge in [-0.2, -0.15) is 8.78 Å². The smallest absolute Gasteiger partial charge is 0.387 e. The molecule has 0 saturated carbocycles. The van der Waals surface area contributed by atoms with Crippen LogP contribution >= 0.6 is 11.6 Å². The van der Waals surface area contributed by atoms with Gasteiger partial charge < -0.3 is 14.8 Å². The van der Waals surface area contributed by atoms with Gasteiger partial charge in [-0.3, -0.25) is 4.79 Å². The standard InChI is InChI=1S/C15H12ClF2NO3/c1-21-12-4-2-3-11(13(12)22-15(17)18)14(20)19-10-7-5-9(16)6-8-10/h2-8,15H,1H3,(H,19,20). The molecule has 0 bridgehead atoms. The van der Waals surface area contributed by atoms with Crippen LogP contribution in [0.15, 0.2) is 42.5 Å². The maximum atomic E-state index is 12.5. The molecule has 0 aliphatic carbocycles. The Bertz CT molecular complexity index is 662. The third kappa shape index (κ3) is 3.85. The van der Waals surface area contributed by atoms with Crippen molar-refractivity contribution in [2.45, 2.75) is 6.61 Å². The summed E-state index contributed by atoms with van der Waals surface area (Å²) in [7, 11) is 1.30. The Morgan fingerprint density at radius 3 is 2.45 bits per heavy atom. The number of methoxy groups -OCH3 is 1. The number of amides is 1. The molecule has 0 unspecified atom stereocenters. The normalized spacial score (nSPS) is 10.4. The van der Waals surface area contributed by atoms with E-state index in [1.54, 1.807) is 24.3 Å². The summed E-state index contributed by atoms with van der Waals surface area (Å²) in [5.41, 5.74) is 0.412. The molecule has 0 aliphatic heterocycles. The summed E-state index contributed by atoms with van der Waals surface area (Å²) in [5.74, 6) is -0.868. The minimum absolute atomic E-state index is 0.0454. The van der Waals surface area contributed by atoms with E-state index in [1.165, 1.54) is 25.3 Å². The minimum atomic E-state index is -3.07.